The Bertz CT molecular complexity index is 969. The number of anilines is 1. The average Bonchev–Trinajstić information content (AvgIpc) is 2.71. The van der Waals surface area contributed by atoms with E-state index < -0.39 is 0 Å². The van der Waals surface area contributed by atoms with Crippen molar-refractivity contribution in [1.29, 1.82) is 0 Å². The molecule has 3 aromatic carbocycles. The van der Waals surface area contributed by atoms with E-state index in [4.69, 9.17) is 4.74 Å². The van der Waals surface area contributed by atoms with Crippen molar-refractivity contribution in [3.05, 3.63) is 72.3 Å². The van der Waals surface area contributed by atoms with Crippen molar-refractivity contribution < 1.29 is 14.3 Å². The number of urea groups is 1. The number of amides is 2. The maximum atomic E-state index is 12.2. The molecule has 0 spiro atoms. The number of aryl methyl sites for hydroxylation is 1. The summed E-state index contributed by atoms with van der Waals surface area (Å²) < 4.78 is 5.42. The molecule has 5 heteroatoms. The minimum Gasteiger partial charge on any atom is -0.426 e. The Morgan fingerprint density at radius 1 is 0.929 bits per heavy atom. The monoisotopic (exact) mass is 376 g/mol. The van der Waals surface area contributed by atoms with E-state index in [9.17, 15) is 9.59 Å². The summed E-state index contributed by atoms with van der Waals surface area (Å²) in [4.78, 5) is 23.9. The topological polar surface area (TPSA) is 67.4 Å². The van der Waals surface area contributed by atoms with Crippen molar-refractivity contribution in [2.75, 3.05) is 11.9 Å². The minimum absolute atomic E-state index is 0.276. The van der Waals surface area contributed by atoms with Gasteiger partial charge in [0.15, 0.2) is 0 Å². The van der Waals surface area contributed by atoms with Gasteiger partial charge in [-0.2, -0.15) is 0 Å². The number of hydrogen-bond acceptors (Lipinski definition) is 3. The molecule has 0 saturated carbocycles. The molecule has 144 valence electrons. The number of benzene rings is 3. The maximum Gasteiger partial charge on any atom is 0.319 e. The number of carbonyl (C=O) groups excluding carboxylic acids is 2. The van der Waals surface area contributed by atoms with E-state index in [0.29, 0.717) is 24.4 Å². The summed E-state index contributed by atoms with van der Waals surface area (Å²) in [6.07, 6.45) is 1.76. The van der Waals surface area contributed by atoms with E-state index >= 15 is 0 Å². The lowest BCUT2D eigenvalue weighted by molar-refractivity contribution is -0.134. The number of rotatable bonds is 7. The molecule has 0 fully saturated rings. The van der Waals surface area contributed by atoms with Gasteiger partial charge in [0.25, 0.3) is 0 Å². The standard InChI is InChI=1S/C23H24N2O3/c1-2-14-24-23(27)25-20-8-5-9-21(16-20)28-22(26)13-11-17-10-12-18-6-3-4-7-19(18)15-17/h3-10,12,15-16H,2,11,13-14H2,1H3,(H2,24,25,27). The van der Waals surface area contributed by atoms with Crippen molar-refractivity contribution in [2.45, 2.75) is 26.2 Å². The van der Waals surface area contributed by atoms with Crippen LogP contribution in [0.15, 0.2) is 66.7 Å². The average molecular weight is 376 g/mol. The molecule has 0 aromatic heterocycles. The third-order valence-corrected chi connectivity index (χ3v) is 4.29. The molecule has 0 aliphatic rings. The molecule has 2 amide bonds. The number of carbonyl (C=O) groups is 2. The summed E-state index contributed by atoms with van der Waals surface area (Å²) in [7, 11) is 0. The second kappa shape index (κ2) is 9.55. The summed E-state index contributed by atoms with van der Waals surface area (Å²) in [5, 5.41) is 7.80. The zero-order valence-electron chi connectivity index (χ0n) is 15.9. The van der Waals surface area contributed by atoms with Crippen LogP contribution in [0.1, 0.15) is 25.3 Å². The van der Waals surface area contributed by atoms with Gasteiger partial charge in [0.05, 0.1) is 0 Å². The van der Waals surface area contributed by atoms with Crippen molar-refractivity contribution in [2.24, 2.45) is 0 Å². The molecule has 0 radical (unpaired) electrons. The van der Waals surface area contributed by atoms with Crippen LogP contribution in [0.25, 0.3) is 10.8 Å². The van der Waals surface area contributed by atoms with E-state index in [0.717, 1.165) is 17.4 Å². The number of esters is 1. The van der Waals surface area contributed by atoms with E-state index in [1.165, 1.54) is 5.39 Å². The van der Waals surface area contributed by atoms with Crippen LogP contribution in [0.2, 0.25) is 0 Å². The fraction of sp³-hybridized carbons (Fsp3) is 0.217. The quantitative estimate of drug-likeness (QED) is 0.455. The first-order valence-electron chi connectivity index (χ1n) is 9.47. The lowest BCUT2D eigenvalue weighted by atomic mass is 10.0. The molecule has 0 unspecified atom stereocenters. The Hall–Kier alpha value is -3.34. The molecule has 0 aliphatic heterocycles. The normalized spacial score (nSPS) is 10.5. The summed E-state index contributed by atoms with van der Waals surface area (Å²) in [5.74, 6) is 0.109. The van der Waals surface area contributed by atoms with Crippen LogP contribution in [0.4, 0.5) is 10.5 Å². The third kappa shape index (κ3) is 5.58. The van der Waals surface area contributed by atoms with Gasteiger partial charge in [0.1, 0.15) is 5.75 Å². The molecule has 0 aliphatic carbocycles. The van der Waals surface area contributed by atoms with Crippen molar-refractivity contribution in [3.63, 3.8) is 0 Å². The minimum atomic E-state index is -0.305. The third-order valence-electron chi connectivity index (χ3n) is 4.29. The van der Waals surface area contributed by atoms with Crippen LogP contribution < -0.4 is 15.4 Å². The van der Waals surface area contributed by atoms with Crippen LogP contribution in [-0.4, -0.2) is 18.5 Å². The highest BCUT2D eigenvalue weighted by atomic mass is 16.5. The molecule has 0 bridgehead atoms. The molecule has 0 heterocycles. The van der Waals surface area contributed by atoms with E-state index in [1.807, 2.05) is 25.1 Å². The van der Waals surface area contributed by atoms with Gasteiger partial charge >= 0.3 is 12.0 Å². The van der Waals surface area contributed by atoms with Gasteiger partial charge in [0, 0.05) is 24.7 Å². The summed E-state index contributed by atoms with van der Waals surface area (Å²) in [5.41, 5.74) is 1.67. The molecule has 0 saturated heterocycles. The summed E-state index contributed by atoms with van der Waals surface area (Å²) >= 11 is 0. The molecular formula is C23H24N2O3. The van der Waals surface area contributed by atoms with Gasteiger partial charge in [-0.1, -0.05) is 55.5 Å². The first kappa shape index (κ1) is 19.4. The Morgan fingerprint density at radius 3 is 2.57 bits per heavy atom. The summed E-state index contributed by atoms with van der Waals surface area (Å²) in [6, 6.07) is 20.9. The maximum absolute atomic E-state index is 12.2. The fourth-order valence-electron chi connectivity index (χ4n) is 2.87. The molecule has 2 N–H and O–H groups in total. The van der Waals surface area contributed by atoms with Gasteiger partial charge < -0.3 is 15.4 Å². The molecule has 5 nitrogen and oxygen atoms in total. The Balaban J connectivity index is 1.54. The predicted molar refractivity (Wildman–Crippen MR) is 112 cm³/mol. The Kier molecular flexibility index (Phi) is 6.63. The molecular weight excluding hydrogens is 352 g/mol. The largest absolute Gasteiger partial charge is 0.426 e. The fourth-order valence-corrected chi connectivity index (χ4v) is 2.87. The molecule has 3 rings (SSSR count). The van der Waals surface area contributed by atoms with Crippen LogP contribution in [0.5, 0.6) is 5.75 Å². The molecule has 3 aromatic rings. The highest BCUT2D eigenvalue weighted by Gasteiger charge is 2.08. The van der Waals surface area contributed by atoms with Crippen molar-refractivity contribution >= 4 is 28.5 Å². The van der Waals surface area contributed by atoms with Crippen LogP contribution >= 0.6 is 0 Å². The number of hydrogen-bond donors (Lipinski definition) is 2. The second-order valence-electron chi connectivity index (χ2n) is 6.56. The molecule has 28 heavy (non-hydrogen) atoms. The Labute approximate surface area is 164 Å². The van der Waals surface area contributed by atoms with Crippen molar-refractivity contribution in [1.82, 2.24) is 5.32 Å². The van der Waals surface area contributed by atoms with E-state index in [2.05, 4.69) is 34.9 Å². The highest BCUT2D eigenvalue weighted by molar-refractivity contribution is 5.89. The first-order valence-corrected chi connectivity index (χ1v) is 9.47. The first-order chi connectivity index (χ1) is 13.6. The number of nitrogens with one attached hydrogen (secondary N) is 2. The van der Waals surface area contributed by atoms with Crippen molar-refractivity contribution in [3.8, 4) is 5.75 Å². The van der Waals surface area contributed by atoms with E-state index in [1.54, 1.807) is 24.3 Å². The predicted octanol–water partition coefficient (Wildman–Crippen LogP) is 4.91. The van der Waals surface area contributed by atoms with E-state index in [-0.39, 0.29) is 18.4 Å². The Morgan fingerprint density at radius 2 is 1.75 bits per heavy atom. The lowest BCUT2D eigenvalue weighted by Crippen LogP contribution is -2.29. The highest BCUT2D eigenvalue weighted by Crippen LogP contribution is 2.19. The SMILES string of the molecule is CCCNC(=O)Nc1cccc(OC(=O)CCc2ccc3ccccc3c2)c1. The number of ether oxygens (including phenoxy) is 1. The second-order valence-corrected chi connectivity index (χ2v) is 6.56. The van der Waals surface area contributed by atoms with Gasteiger partial charge in [-0.25, -0.2) is 4.79 Å². The smallest absolute Gasteiger partial charge is 0.319 e. The van der Waals surface area contributed by atoms with Gasteiger partial charge in [-0.3, -0.25) is 4.79 Å². The zero-order valence-corrected chi connectivity index (χ0v) is 15.9. The zero-order chi connectivity index (χ0) is 19.8. The van der Waals surface area contributed by atoms with Gasteiger partial charge in [0.2, 0.25) is 0 Å². The van der Waals surface area contributed by atoms with Gasteiger partial charge in [-0.05, 0) is 41.3 Å². The lowest BCUT2D eigenvalue weighted by Gasteiger charge is -2.09. The number of fused-ring (bicyclic) bond motifs is 1. The molecule has 0 atom stereocenters. The van der Waals surface area contributed by atoms with Crippen LogP contribution in [0, 0.1) is 0 Å². The summed E-state index contributed by atoms with van der Waals surface area (Å²) in [6.45, 7) is 2.59. The van der Waals surface area contributed by atoms with Crippen LogP contribution in [-0.2, 0) is 11.2 Å². The van der Waals surface area contributed by atoms with Crippen LogP contribution in [0.3, 0.4) is 0 Å². The van der Waals surface area contributed by atoms with Gasteiger partial charge in [-0.15, -0.1) is 0 Å².